The third kappa shape index (κ3) is 1.99. The number of pyridine rings is 1. The Hall–Kier alpha value is -1.61. The highest BCUT2D eigenvalue weighted by atomic mass is 16.3. The molecule has 2 heterocycles. The Morgan fingerprint density at radius 3 is 3.06 bits per heavy atom. The lowest BCUT2D eigenvalue weighted by molar-refractivity contribution is 0.320. The van der Waals surface area contributed by atoms with E-state index in [2.05, 4.69) is 23.8 Å². The van der Waals surface area contributed by atoms with Crippen LogP contribution in [0.15, 0.2) is 30.1 Å². The smallest absolute Gasteiger partial charge is 0.137 e. The second-order valence-electron chi connectivity index (χ2n) is 4.18. The molecule has 2 aromatic heterocycles. The maximum Gasteiger partial charge on any atom is 0.137 e. The monoisotopic (exact) mass is 216 g/mol. The first-order valence-electron chi connectivity index (χ1n) is 5.46. The highest BCUT2D eigenvalue weighted by molar-refractivity contribution is 5.86. The van der Waals surface area contributed by atoms with Crippen LogP contribution in [0.25, 0.3) is 17.1 Å². The van der Waals surface area contributed by atoms with Crippen molar-refractivity contribution in [3.8, 4) is 0 Å². The van der Waals surface area contributed by atoms with Gasteiger partial charge < -0.3 is 10.1 Å². The van der Waals surface area contributed by atoms with E-state index in [0.29, 0.717) is 5.92 Å². The Labute approximate surface area is 94.8 Å². The van der Waals surface area contributed by atoms with Gasteiger partial charge in [-0.25, -0.2) is 4.98 Å². The largest absolute Gasteiger partial charge is 0.392 e. The lowest BCUT2D eigenvalue weighted by atomic mass is 10.0. The summed E-state index contributed by atoms with van der Waals surface area (Å²) in [4.78, 5) is 7.35. The maximum atomic E-state index is 9.27. The summed E-state index contributed by atoms with van der Waals surface area (Å²) in [6, 6.07) is 3.95. The standard InChI is InChI=1S/C13H16N2O/c1-9(2)11(8-16)6-10-7-15-13-12(10)4-3-5-14-13/h3-7,9,16H,8H2,1-2H3,(H,14,15). The first kappa shape index (κ1) is 10.9. The fourth-order valence-electron chi connectivity index (χ4n) is 1.69. The van der Waals surface area contributed by atoms with Crippen LogP contribution in [-0.2, 0) is 0 Å². The number of aliphatic hydroxyl groups excluding tert-OH is 1. The van der Waals surface area contributed by atoms with Crippen LogP contribution in [0.3, 0.4) is 0 Å². The van der Waals surface area contributed by atoms with Crippen LogP contribution < -0.4 is 0 Å². The molecule has 16 heavy (non-hydrogen) atoms. The lowest BCUT2D eigenvalue weighted by Crippen LogP contribution is -1.98. The zero-order valence-corrected chi connectivity index (χ0v) is 9.57. The molecule has 0 aromatic carbocycles. The van der Waals surface area contributed by atoms with Gasteiger partial charge in [0.15, 0.2) is 0 Å². The topological polar surface area (TPSA) is 48.9 Å². The molecule has 0 aliphatic heterocycles. The number of aromatic amines is 1. The van der Waals surface area contributed by atoms with E-state index in [9.17, 15) is 5.11 Å². The Bertz CT molecular complexity index is 511. The zero-order valence-electron chi connectivity index (χ0n) is 9.57. The molecule has 0 unspecified atom stereocenters. The third-order valence-corrected chi connectivity index (χ3v) is 2.75. The molecule has 3 nitrogen and oxygen atoms in total. The van der Waals surface area contributed by atoms with Gasteiger partial charge in [-0.2, -0.15) is 0 Å². The highest BCUT2D eigenvalue weighted by Gasteiger charge is 2.05. The zero-order chi connectivity index (χ0) is 11.5. The van der Waals surface area contributed by atoms with Crippen LogP contribution >= 0.6 is 0 Å². The number of H-pyrrole nitrogens is 1. The molecule has 0 fully saturated rings. The molecule has 3 heteroatoms. The average Bonchev–Trinajstić information content (AvgIpc) is 2.69. The fraction of sp³-hybridized carbons (Fsp3) is 0.308. The lowest BCUT2D eigenvalue weighted by Gasteiger charge is -2.07. The summed E-state index contributed by atoms with van der Waals surface area (Å²) in [7, 11) is 0. The van der Waals surface area contributed by atoms with E-state index in [4.69, 9.17) is 0 Å². The van der Waals surface area contributed by atoms with Gasteiger partial charge in [0.25, 0.3) is 0 Å². The quantitative estimate of drug-likeness (QED) is 0.828. The van der Waals surface area contributed by atoms with E-state index in [1.54, 1.807) is 6.20 Å². The van der Waals surface area contributed by atoms with E-state index < -0.39 is 0 Å². The maximum absolute atomic E-state index is 9.27. The van der Waals surface area contributed by atoms with Crippen LogP contribution in [0.5, 0.6) is 0 Å². The molecule has 0 amide bonds. The van der Waals surface area contributed by atoms with Crippen molar-refractivity contribution in [3.63, 3.8) is 0 Å². The molecule has 0 aliphatic rings. The Balaban J connectivity index is 2.48. The minimum absolute atomic E-state index is 0.102. The number of rotatable bonds is 3. The SMILES string of the molecule is CC(C)C(=Cc1c[nH]c2ncccc12)CO. The minimum atomic E-state index is 0.102. The predicted octanol–water partition coefficient (Wildman–Crippen LogP) is 2.59. The van der Waals surface area contributed by atoms with Crippen LogP contribution in [0, 0.1) is 5.92 Å². The Morgan fingerprint density at radius 2 is 2.38 bits per heavy atom. The van der Waals surface area contributed by atoms with Gasteiger partial charge in [-0.05, 0) is 23.6 Å². The van der Waals surface area contributed by atoms with E-state index in [0.717, 1.165) is 22.2 Å². The Kier molecular flexibility index (Phi) is 3.06. The molecule has 84 valence electrons. The summed E-state index contributed by atoms with van der Waals surface area (Å²) in [5.41, 5.74) is 3.00. The average molecular weight is 216 g/mol. The molecule has 0 atom stereocenters. The first-order chi connectivity index (χ1) is 7.72. The van der Waals surface area contributed by atoms with Crippen molar-refractivity contribution in [1.82, 2.24) is 9.97 Å². The molecule has 0 bridgehead atoms. The number of nitrogens with zero attached hydrogens (tertiary/aromatic N) is 1. The predicted molar refractivity (Wildman–Crippen MR) is 66.0 cm³/mol. The van der Waals surface area contributed by atoms with E-state index in [1.165, 1.54) is 0 Å². The third-order valence-electron chi connectivity index (χ3n) is 2.75. The second kappa shape index (κ2) is 4.49. The van der Waals surface area contributed by atoms with Crippen molar-refractivity contribution in [3.05, 3.63) is 35.7 Å². The van der Waals surface area contributed by atoms with Crippen molar-refractivity contribution in [2.75, 3.05) is 6.61 Å². The van der Waals surface area contributed by atoms with Crippen LogP contribution in [0.1, 0.15) is 19.4 Å². The molecule has 0 radical (unpaired) electrons. The van der Waals surface area contributed by atoms with E-state index in [1.807, 2.05) is 24.4 Å². The normalized spacial score (nSPS) is 12.6. The van der Waals surface area contributed by atoms with Crippen molar-refractivity contribution < 1.29 is 5.11 Å². The van der Waals surface area contributed by atoms with Gasteiger partial charge in [-0.15, -0.1) is 0 Å². The van der Waals surface area contributed by atoms with E-state index in [-0.39, 0.29) is 6.61 Å². The summed E-state index contributed by atoms with van der Waals surface area (Å²) in [6.45, 7) is 4.26. The second-order valence-corrected chi connectivity index (χ2v) is 4.18. The van der Waals surface area contributed by atoms with Crippen molar-refractivity contribution >= 4 is 17.1 Å². The van der Waals surface area contributed by atoms with Gasteiger partial charge in [0.2, 0.25) is 0 Å². The summed E-state index contributed by atoms with van der Waals surface area (Å²) in [6.07, 6.45) is 5.72. The molecule has 2 aromatic rings. The number of aromatic nitrogens is 2. The van der Waals surface area contributed by atoms with Crippen LogP contribution in [-0.4, -0.2) is 21.7 Å². The summed E-state index contributed by atoms with van der Waals surface area (Å²) in [5, 5.41) is 10.4. The highest BCUT2D eigenvalue weighted by Crippen LogP contribution is 2.20. The van der Waals surface area contributed by atoms with Crippen LogP contribution in [0.4, 0.5) is 0 Å². The van der Waals surface area contributed by atoms with Gasteiger partial charge >= 0.3 is 0 Å². The molecular weight excluding hydrogens is 200 g/mol. The van der Waals surface area contributed by atoms with Crippen molar-refractivity contribution in [1.29, 1.82) is 0 Å². The van der Waals surface area contributed by atoms with Crippen molar-refractivity contribution in [2.45, 2.75) is 13.8 Å². The number of aliphatic hydroxyl groups is 1. The molecule has 0 saturated carbocycles. The van der Waals surface area contributed by atoms with Gasteiger partial charge in [0.05, 0.1) is 6.61 Å². The number of fused-ring (bicyclic) bond motifs is 1. The molecule has 0 saturated heterocycles. The summed E-state index contributed by atoms with van der Waals surface area (Å²) < 4.78 is 0. The molecule has 0 spiro atoms. The summed E-state index contributed by atoms with van der Waals surface area (Å²) >= 11 is 0. The molecule has 2 N–H and O–H groups in total. The number of hydrogen-bond acceptors (Lipinski definition) is 2. The molecule has 0 aliphatic carbocycles. The number of nitrogens with one attached hydrogen (secondary N) is 1. The fourth-order valence-corrected chi connectivity index (χ4v) is 1.69. The first-order valence-corrected chi connectivity index (χ1v) is 5.46. The van der Waals surface area contributed by atoms with Gasteiger partial charge in [0, 0.05) is 23.3 Å². The molecule has 2 rings (SSSR count). The Morgan fingerprint density at radius 1 is 1.56 bits per heavy atom. The van der Waals surface area contributed by atoms with E-state index >= 15 is 0 Å². The molecular formula is C13H16N2O. The number of hydrogen-bond donors (Lipinski definition) is 2. The van der Waals surface area contributed by atoms with Gasteiger partial charge in [0.1, 0.15) is 5.65 Å². The van der Waals surface area contributed by atoms with Crippen molar-refractivity contribution in [2.24, 2.45) is 5.92 Å². The van der Waals surface area contributed by atoms with Crippen LogP contribution in [0.2, 0.25) is 0 Å². The summed E-state index contributed by atoms with van der Waals surface area (Å²) in [5.74, 6) is 0.353. The van der Waals surface area contributed by atoms with Gasteiger partial charge in [-0.3, -0.25) is 0 Å². The minimum Gasteiger partial charge on any atom is -0.392 e. The van der Waals surface area contributed by atoms with Gasteiger partial charge in [-0.1, -0.05) is 19.9 Å².